The molecule has 3 rings (SSSR count). The van der Waals surface area contributed by atoms with Gasteiger partial charge in [0, 0.05) is 6.04 Å². The maximum absolute atomic E-state index is 3.63. The molecule has 1 N–H and O–H groups in total. The van der Waals surface area contributed by atoms with E-state index in [1.807, 2.05) is 0 Å². The lowest BCUT2D eigenvalue weighted by atomic mass is 9.79. The highest BCUT2D eigenvalue weighted by Gasteiger charge is 2.24. The van der Waals surface area contributed by atoms with Gasteiger partial charge in [0.25, 0.3) is 0 Å². The summed E-state index contributed by atoms with van der Waals surface area (Å²) in [5.41, 5.74) is 3.25. The van der Waals surface area contributed by atoms with Gasteiger partial charge in [0.2, 0.25) is 0 Å². The zero-order valence-corrected chi connectivity index (χ0v) is 9.91. The summed E-state index contributed by atoms with van der Waals surface area (Å²) < 4.78 is 0. The number of nitrogens with one attached hydrogen (secondary N) is 1. The smallest absolute Gasteiger partial charge is 0.00733 e. The van der Waals surface area contributed by atoms with Crippen molar-refractivity contribution in [1.29, 1.82) is 0 Å². The van der Waals surface area contributed by atoms with Crippen LogP contribution in [0.15, 0.2) is 24.3 Å². The van der Waals surface area contributed by atoms with E-state index in [-0.39, 0.29) is 0 Å². The predicted octanol–water partition coefficient (Wildman–Crippen LogP) is 3.25. The monoisotopic (exact) mass is 215 g/mol. The zero-order valence-electron chi connectivity index (χ0n) is 9.91. The van der Waals surface area contributed by atoms with Crippen LogP contribution >= 0.6 is 0 Å². The summed E-state index contributed by atoms with van der Waals surface area (Å²) in [7, 11) is 0. The third kappa shape index (κ3) is 2.01. The van der Waals surface area contributed by atoms with Gasteiger partial charge in [-0.05, 0) is 62.1 Å². The molecule has 0 saturated carbocycles. The summed E-state index contributed by atoms with van der Waals surface area (Å²) in [4.78, 5) is 0. The van der Waals surface area contributed by atoms with Crippen molar-refractivity contribution in [2.45, 2.75) is 50.5 Å². The SMILES string of the molecule is c1ccc2c(c1)CCC[C@@H]2C[C@@H]1CCCN1. The molecule has 0 amide bonds. The van der Waals surface area contributed by atoms with Crippen molar-refractivity contribution in [2.24, 2.45) is 0 Å². The fourth-order valence-corrected chi connectivity index (χ4v) is 3.40. The van der Waals surface area contributed by atoms with Crippen molar-refractivity contribution in [2.75, 3.05) is 6.54 Å². The first-order valence-corrected chi connectivity index (χ1v) is 6.74. The molecule has 1 aliphatic carbocycles. The maximum Gasteiger partial charge on any atom is 0.00733 e. The highest BCUT2D eigenvalue weighted by atomic mass is 14.9. The quantitative estimate of drug-likeness (QED) is 0.798. The molecular weight excluding hydrogens is 194 g/mol. The second kappa shape index (κ2) is 4.58. The van der Waals surface area contributed by atoms with Crippen molar-refractivity contribution < 1.29 is 0 Å². The molecule has 0 spiro atoms. The molecule has 2 aliphatic rings. The first-order valence-electron chi connectivity index (χ1n) is 6.74. The van der Waals surface area contributed by atoms with Gasteiger partial charge in [-0.3, -0.25) is 0 Å². The minimum atomic E-state index is 0.788. The van der Waals surface area contributed by atoms with Gasteiger partial charge < -0.3 is 5.32 Å². The lowest BCUT2D eigenvalue weighted by molar-refractivity contribution is 0.445. The molecule has 0 radical (unpaired) electrons. The van der Waals surface area contributed by atoms with Gasteiger partial charge in [0.1, 0.15) is 0 Å². The van der Waals surface area contributed by atoms with Crippen LogP contribution in [0.3, 0.4) is 0 Å². The number of hydrogen-bond donors (Lipinski definition) is 1. The number of rotatable bonds is 2. The van der Waals surface area contributed by atoms with Gasteiger partial charge in [-0.15, -0.1) is 0 Å². The lowest BCUT2D eigenvalue weighted by Crippen LogP contribution is -2.25. The van der Waals surface area contributed by atoms with Crippen LogP contribution in [0.5, 0.6) is 0 Å². The molecule has 1 saturated heterocycles. The van der Waals surface area contributed by atoms with Crippen molar-refractivity contribution in [1.82, 2.24) is 5.32 Å². The Morgan fingerprint density at radius 1 is 1.12 bits per heavy atom. The normalized spacial score (nSPS) is 29.0. The second-order valence-corrected chi connectivity index (χ2v) is 5.32. The molecule has 1 aliphatic heterocycles. The Kier molecular flexibility index (Phi) is 2.96. The Morgan fingerprint density at radius 2 is 2.06 bits per heavy atom. The Balaban J connectivity index is 1.76. The molecule has 1 fully saturated rings. The summed E-state index contributed by atoms with van der Waals surface area (Å²) in [5.74, 6) is 0.820. The summed E-state index contributed by atoms with van der Waals surface area (Å²) in [6.07, 6.45) is 8.20. The second-order valence-electron chi connectivity index (χ2n) is 5.32. The molecule has 0 bridgehead atoms. The van der Waals surface area contributed by atoms with E-state index >= 15 is 0 Å². The first kappa shape index (κ1) is 10.3. The highest BCUT2D eigenvalue weighted by molar-refractivity contribution is 5.32. The van der Waals surface area contributed by atoms with E-state index in [0.29, 0.717) is 0 Å². The van der Waals surface area contributed by atoms with Crippen molar-refractivity contribution in [3.63, 3.8) is 0 Å². The summed E-state index contributed by atoms with van der Waals surface area (Å²) in [6.45, 7) is 1.24. The van der Waals surface area contributed by atoms with Gasteiger partial charge in [0.05, 0.1) is 0 Å². The van der Waals surface area contributed by atoms with Gasteiger partial charge in [-0.2, -0.15) is 0 Å². The van der Waals surface area contributed by atoms with Crippen LogP contribution in [0.1, 0.15) is 49.1 Å². The van der Waals surface area contributed by atoms with Gasteiger partial charge in [-0.1, -0.05) is 24.3 Å². The maximum atomic E-state index is 3.63. The van der Waals surface area contributed by atoms with E-state index < -0.39 is 0 Å². The molecule has 1 nitrogen and oxygen atoms in total. The van der Waals surface area contributed by atoms with Gasteiger partial charge >= 0.3 is 0 Å². The Labute approximate surface area is 98.3 Å². The largest absolute Gasteiger partial charge is 0.314 e. The van der Waals surface area contributed by atoms with E-state index in [1.54, 1.807) is 11.1 Å². The van der Waals surface area contributed by atoms with Crippen LogP contribution in [-0.2, 0) is 6.42 Å². The topological polar surface area (TPSA) is 12.0 Å². The number of fused-ring (bicyclic) bond motifs is 1. The van der Waals surface area contributed by atoms with E-state index in [4.69, 9.17) is 0 Å². The van der Waals surface area contributed by atoms with Crippen molar-refractivity contribution in [3.8, 4) is 0 Å². The van der Waals surface area contributed by atoms with Gasteiger partial charge in [0.15, 0.2) is 0 Å². The highest BCUT2D eigenvalue weighted by Crippen LogP contribution is 2.35. The molecule has 0 aromatic heterocycles. The van der Waals surface area contributed by atoms with E-state index in [9.17, 15) is 0 Å². The third-order valence-electron chi connectivity index (χ3n) is 4.23. The zero-order chi connectivity index (χ0) is 10.8. The van der Waals surface area contributed by atoms with Crippen molar-refractivity contribution >= 4 is 0 Å². The van der Waals surface area contributed by atoms with Crippen LogP contribution in [0.25, 0.3) is 0 Å². The van der Waals surface area contributed by atoms with Crippen LogP contribution in [0.4, 0.5) is 0 Å². The molecule has 16 heavy (non-hydrogen) atoms. The lowest BCUT2D eigenvalue weighted by Gasteiger charge is -2.27. The average Bonchev–Trinajstić information content (AvgIpc) is 2.82. The Morgan fingerprint density at radius 3 is 2.94 bits per heavy atom. The molecule has 2 atom stereocenters. The molecule has 1 aromatic carbocycles. The predicted molar refractivity (Wildman–Crippen MR) is 67.8 cm³/mol. The fraction of sp³-hybridized carbons (Fsp3) is 0.600. The van der Waals surface area contributed by atoms with Gasteiger partial charge in [-0.25, -0.2) is 0 Å². The molecule has 1 heteroatoms. The standard InChI is InChI=1S/C15H21N/c1-2-9-15-12(5-1)6-3-7-13(15)11-14-8-4-10-16-14/h1-2,5,9,13-14,16H,3-4,6-8,10-11H2/t13-,14+/m1/s1. The van der Waals surface area contributed by atoms with Crippen LogP contribution in [0, 0.1) is 0 Å². The van der Waals surface area contributed by atoms with Crippen LogP contribution in [0.2, 0.25) is 0 Å². The molecular formula is C15H21N. The molecule has 1 aromatic rings. The van der Waals surface area contributed by atoms with Crippen LogP contribution in [-0.4, -0.2) is 12.6 Å². The average molecular weight is 215 g/mol. The number of benzene rings is 1. The fourth-order valence-electron chi connectivity index (χ4n) is 3.40. The van der Waals surface area contributed by atoms with Crippen LogP contribution < -0.4 is 5.32 Å². The molecule has 1 heterocycles. The summed E-state index contributed by atoms with van der Waals surface area (Å²) in [5, 5.41) is 3.63. The number of aryl methyl sites for hydroxylation is 1. The third-order valence-corrected chi connectivity index (χ3v) is 4.23. The molecule has 0 unspecified atom stereocenters. The minimum absolute atomic E-state index is 0.788. The van der Waals surface area contributed by atoms with E-state index in [1.165, 1.54) is 45.1 Å². The first-order chi connectivity index (χ1) is 7.93. The Hall–Kier alpha value is -0.820. The number of hydrogen-bond acceptors (Lipinski definition) is 1. The molecule has 86 valence electrons. The van der Waals surface area contributed by atoms with Crippen molar-refractivity contribution in [3.05, 3.63) is 35.4 Å². The summed E-state index contributed by atoms with van der Waals surface area (Å²) in [6, 6.07) is 9.86. The Bertz CT molecular complexity index is 352. The van der Waals surface area contributed by atoms with E-state index in [0.717, 1.165) is 12.0 Å². The minimum Gasteiger partial charge on any atom is -0.314 e. The summed E-state index contributed by atoms with van der Waals surface area (Å²) >= 11 is 0. The van der Waals surface area contributed by atoms with E-state index in [2.05, 4.69) is 29.6 Å².